The Morgan fingerprint density at radius 1 is 1.92 bits per heavy atom. The van der Waals surface area contributed by atoms with Gasteiger partial charge in [0.1, 0.15) is 18.6 Å². The third-order valence-electron chi connectivity index (χ3n) is 1.75. The van der Waals surface area contributed by atoms with E-state index in [-0.39, 0.29) is 12.4 Å². The van der Waals surface area contributed by atoms with Crippen molar-refractivity contribution in [2.24, 2.45) is 0 Å². The number of carbonyl (C=O) groups excluding carboxylic acids is 1. The molecule has 0 saturated heterocycles. The molecule has 0 spiro atoms. The molecule has 0 radical (unpaired) electrons. The van der Waals surface area contributed by atoms with Gasteiger partial charge in [-0.2, -0.15) is 0 Å². The number of amides is 1. The van der Waals surface area contributed by atoms with E-state index in [4.69, 9.17) is 16.9 Å². The van der Waals surface area contributed by atoms with Crippen molar-refractivity contribution in [1.82, 2.24) is 0 Å². The molecule has 1 unspecified atom stereocenters. The molecule has 0 fully saturated rings. The minimum Gasteiger partial charge on any atom is -0.236 e. The number of rotatable bonds is 1. The highest BCUT2D eigenvalue weighted by atomic mass is 35.5. The largest absolute Gasteiger partial charge is 0.347 e. The first kappa shape index (κ1) is 9.17. The monoisotopic (exact) mass is 189 g/mol. The van der Waals surface area contributed by atoms with Gasteiger partial charge in [0.05, 0.1) is 0 Å². The number of halogens is 2. The van der Waals surface area contributed by atoms with Crippen LogP contribution in [0.1, 0.15) is 0 Å². The second-order valence-corrected chi connectivity index (χ2v) is 2.80. The van der Waals surface area contributed by atoms with E-state index in [9.17, 15) is 9.18 Å². The minimum atomic E-state index is -1.23. The molecule has 5 heteroatoms. The summed E-state index contributed by atoms with van der Waals surface area (Å²) in [7, 11) is 0. The maximum absolute atomic E-state index is 12.7. The molecule has 0 aromatic carbocycles. The summed E-state index contributed by atoms with van der Waals surface area (Å²) < 4.78 is 12.0. The molecule has 0 bridgehead atoms. The van der Waals surface area contributed by atoms with E-state index in [2.05, 4.69) is 0 Å². The number of nitrogens with zero attached hydrogens (tertiary/aromatic N) is 2. The van der Waals surface area contributed by atoms with Crippen LogP contribution in [0.15, 0.2) is 12.3 Å². The van der Waals surface area contributed by atoms with Gasteiger partial charge in [0.15, 0.2) is 6.17 Å². The van der Waals surface area contributed by atoms with E-state index < -0.39 is 16.6 Å². The third kappa shape index (κ3) is 1.33. The van der Waals surface area contributed by atoms with Gasteiger partial charge in [-0.1, -0.05) is 0 Å². The molecule has 3 nitrogen and oxygen atoms in total. The molecule has 2 atom stereocenters. The van der Waals surface area contributed by atoms with Gasteiger partial charge in [-0.25, -0.2) is 9.18 Å². The fourth-order valence-corrected chi connectivity index (χ4v) is 1.27. The molecule has 1 aliphatic heterocycles. The summed E-state index contributed by atoms with van der Waals surface area (Å²) in [5.74, 6) is -0.763. The summed E-state index contributed by atoms with van der Waals surface area (Å²) in [6.07, 6.45) is 2.96. The van der Waals surface area contributed by atoms with Gasteiger partial charge in [0.2, 0.25) is 0 Å². The Morgan fingerprint density at radius 3 is 2.92 bits per heavy atom. The van der Waals surface area contributed by atoms with Gasteiger partial charge in [0.25, 0.3) is 0 Å². The minimum absolute atomic E-state index is 0.151. The van der Waals surface area contributed by atoms with E-state index in [0.29, 0.717) is 0 Å². The molecule has 12 heavy (non-hydrogen) atoms. The Morgan fingerprint density at radius 2 is 2.58 bits per heavy atom. The Balaban J connectivity index is 2.89. The molecular formula is C7H7ClFN2O+. The Labute approximate surface area is 74.2 Å². The SMILES string of the molecule is N#C[N+]1(C(=O)CCl)C=C[C@@H](F)C1. The first-order chi connectivity index (χ1) is 5.64. The van der Waals surface area contributed by atoms with E-state index in [1.807, 2.05) is 0 Å². The van der Waals surface area contributed by atoms with Crippen molar-refractivity contribution in [1.29, 1.82) is 5.26 Å². The topological polar surface area (TPSA) is 40.9 Å². The molecular weight excluding hydrogens is 183 g/mol. The highest BCUT2D eigenvalue weighted by Crippen LogP contribution is 2.19. The lowest BCUT2D eigenvalue weighted by atomic mass is 10.4. The summed E-state index contributed by atoms with van der Waals surface area (Å²) in [4.78, 5) is 11.1. The highest BCUT2D eigenvalue weighted by Gasteiger charge is 2.41. The summed E-state index contributed by atoms with van der Waals surface area (Å²) >= 11 is 5.28. The zero-order valence-corrected chi connectivity index (χ0v) is 6.96. The number of alkyl halides is 2. The Kier molecular flexibility index (Phi) is 2.46. The van der Waals surface area contributed by atoms with Crippen molar-refractivity contribution in [2.75, 3.05) is 12.4 Å². The van der Waals surface area contributed by atoms with Crippen LogP contribution in [0.5, 0.6) is 0 Å². The molecule has 0 N–H and O–H groups in total. The number of nitriles is 1. The van der Waals surface area contributed by atoms with E-state index in [0.717, 1.165) is 0 Å². The van der Waals surface area contributed by atoms with Gasteiger partial charge in [-0.05, 0) is 0 Å². The fourth-order valence-electron chi connectivity index (χ4n) is 1.06. The molecule has 0 aromatic rings. The number of carbonyl (C=O) groups is 1. The summed E-state index contributed by atoms with van der Waals surface area (Å²) in [5, 5.41) is 8.66. The Hall–Kier alpha value is -0.920. The van der Waals surface area contributed by atoms with Gasteiger partial charge in [-0.3, -0.25) is 0 Å². The maximum Gasteiger partial charge on any atom is 0.347 e. The molecule has 64 valence electrons. The molecule has 0 saturated carbocycles. The van der Waals surface area contributed by atoms with Crippen LogP contribution >= 0.6 is 11.6 Å². The van der Waals surface area contributed by atoms with Crippen LogP contribution in [0.25, 0.3) is 0 Å². The van der Waals surface area contributed by atoms with Crippen LogP contribution in [-0.2, 0) is 4.79 Å². The van der Waals surface area contributed by atoms with Gasteiger partial charge < -0.3 is 0 Å². The number of quaternary nitrogens is 1. The lowest BCUT2D eigenvalue weighted by Crippen LogP contribution is -2.44. The van der Waals surface area contributed by atoms with E-state index in [1.54, 1.807) is 6.19 Å². The first-order valence-electron chi connectivity index (χ1n) is 3.36. The maximum atomic E-state index is 12.7. The molecule has 1 heterocycles. The van der Waals surface area contributed by atoms with Crippen molar-refractivity contribution >= 4 is 17.5 Å². The van der Waals surface area contributed by atoms with E-state index in [1.165, 1.54) is 12.3 Å². The van der Waals surface area contributed by atoms with Crippen molar-refractivity contribution in [3.8, 4) is 6.19 Å². The molecule has 1 aliphatic rings. The predicted molar refractivity (Wildman–Crippen MR) is 40.5 cm³/mol. The highest BCUT2D eigenvalue weighted by molar-refractivity contribution is 6.26. The molecule has 0 aromatic heterocycles. The van der Waals surface area contributed by atoms with E-state index >= 15 is 0 Å². The van der Waals surface area contributed by atoms with Crippen LogP contribution in [-0.4, -0.2) is 29.0 Å². The summed E-state index contributed by atoms with van der Waals surface area (Å²) in [5.41, 5.74) is 0. The van der Waals surface area contributed by atoms with Gasteiger partial charge in [0, 0.05) is 6.08 Å². The quantitative estimate of drug-likeness (QED) is 0.350. The lowest BCUT2D eigenvalue weighted by Gasteiger charge is -2.16. The zero-order valence-electron chi connectivity index (χ0n) is 6.20. The van der Waals surface area contributed by atoms with Crippen LogP contribution in [0.2, 0.25) is 0 Å². The first-order valence-corrected chi connectivity index (χ1v) is 3.90. The third-order valence-corrected chi connectivity index (χ3v) is 1.98. The predicted octanol–water partition coefficient (Wildman–Crippen LogP) is 0.915. The normalized spacial score (nSPS) is 33.2. The zero-order chi connectivity index (χ0) is 9.19. The molecule has 1 amide bonds. The molecule has 1 rings (SSSR count). The number of hydrogen-bond acceptors (Lipinski definition) is 2. The standard InChI is InChI=1S/C7H7ClFN2O/c8-3-7(12)11(5-10)2-1-6(9)4-11/h1-2,6H,3-4H2/q+1/t6-,11?/m1/s1. The fraction of sp³-hybridized carbons (Fsp3) is 0.429. The van der Waals surface area contributed by atoms with Crippen LogP contribution in [0.3, 0.4) is 0 Å². The second-order valence-electron chi connectivity index (χ2n) is 2.54. The Bertz CT molecular complexity index is 273. The average molecular weight is 190 g/mol. The average Bonchev–Trinajstić information content (AvgIpc) is 2.47. The summed E-state index contributed by atoms with van der Waals surface area (Å²) in [6.45, 7) is -0.151. The second kappa shape index (κ2) is 3.21. The van der Waals surface area contributed by atoms with Crippen molar-refractivity contribution in [3.05, 3.63) is 12.3 Å². The molecule has 0 aliphatic carbocycles. The van der Waals surface area contributed by atoms with Crippen molar-refractivity contribution in [2.45, 2.75) is 6.17 Å². The van der Waals surface area contributed by atoms with Crippen molar-refractivity contribution < 1.29 is 13.7 Å². The van der Waals surface area contributed by atoms with Crippen molar-refractivity contribution in [3.63, 3.8) is 0 Å². The van der Waals surface area contributed by atoms with Crippen LogP contribution < -0.4 is 0 Å². The van der Waals surface area contributed by atoms with Gasteiger partial charge in [-0.15, -0.1) is 21.3 Å². The van der Waals surface area contributed by atoms with Crippen LogP contribution in [0, 0.1) is 11.5 Å². The lowest BCUT2D eigenvalue weighted by molar-refractivity contribution is -0.728. The van der Waals surface area contributed by atoms with Gasteiger partial charge >= 0.3 is 12.1 Å². The summed E-state index contributed by atoms with van der Waals surface area (Å²) in [6, 6.07) is 0. The number of hydrogen-bond donors (Lipinski definition) is 0. The smallest absolute Gasteiger partial charge is 0.236 e. The van der Waals surface area contributed by atoms with Crippen LogP contribution in [0.4, 0.5) is 4.39 Å².